The molecule has 5 nitrogen and oxygen atoms in total. The Morgan fingerprint density at radius 3 is 2.43 bits per heavy atom. The van der Waals surface area contributed by atoms with E-state index in [2.05, 4.69) is 15.2 Å². The predicted molar refractivity (Wildman–Crippen MR) is 82.0 cm³/mol. The molecule has 2 aromatic heterocycles. The van der Waals surface area contributed by atoms with Crippen LogP contribution in [-0.4, -0.2) is 25.5 Å². The molecule has 6 heteroatoms. The number of ketones is 1. The molecule has 1 N–H and O–H groups in total. The van der Waals surface area contributed by atoms with Crippen molar-refractivity contribution in [1.82, 2.24) is 19.7 Å². The summed E-state index contributed by atoms with van der Waals surface area (Å²) in [5.74, 6) is 0.740. The Bertz CT molecular complexity index is 834. The molecule has 0 aliphatic rings. The number of rotatable bonds is 3. The molecule has 0 bridgehead atoms. The lowest BCUT2D eigenvalue weighted by Gasteiger charge is -2.07. The molecule has 0 unspecified atom stereocenters. The number of carbonyl (C=O) groups is 1. The van der Waals surface area contributed by atoms with Gasteiger partial charge in [-0.15, -0.1) is 0 Å². The summed E-state index contributed by atoms with van der Waals surface area (Å²) in [6.45, 7) is 1.54. The van der Waals surface area contributed by atoms with Crippen LogP contribution in [-0.2, 0) is 0 Å². The van der Waals surface area contributed by atoms with Crippen molar-refractivity contribution >= 4 is 18.0 Å². The molecule has 0 atom stereocenters. The first-order chi connectivity index (χ1) is 10.2. The van der Waals surface area contributed by atoms with Gasteiger partial charge >= 0.3 is 0 Å². The summed E-state index contributed by atoms with van der Waals surface area (Å²) in [7, 11) is 0. The number of aromatic amines is 1. The van der Waals surface area contributed by atoms with Crippen LogP contribution in [0.5, 0.6) is 0 Å². The number of hydrogen-bond donors (Lipinski definition) is 1. The van der Waals surface area contributed by atoms with Gasteiger partial charge in [-0.05, 0) is 55.5 Å². The minimum absolute atomic E-state index is 0.0340. The van der Waals surface area contributed by atoms with Crippen molar-refractivity contribution in [3.63, 3.8) is 0 Å². The number of aromatic nitrogens is 4. The number of carbonyl (C=O) groups excluding carboxylic acids is 1. The lowest BCUT2D eigenvalue weighted by molar-refractivity contribution is 0.101. The van der Waals surface area contributed by atoms with Crippen molar-refractivity contribution in [1.29, 1.82) is 0 Å². The highest BCUT2D eigenvalue weighted by atomic mass is 32.1. The first-order valence-electron chi connectivity index (χ1n) is 6.36. The maximum absolute atomic E-state index is 11.3. The van der Waals surface area contributed by atoms with Crippen LogP contribution < -0.4 is 0 Å². The second-order valence-electron chi connectivity index (χ2n) is 4.53. The Balaban J connectivity index is 2.13. The highest BCUT2D eigenvalue weighted by Crippen LogP contribution is 2.21. The molecule has 0 saturated heterocycles. The third kappa shape index (κ3) is 2.53. The maximum atomic E-state index is 11.3. The second kappa shape index (κ2) is 5.41. The number of benzene rings is 1. The molecule has 3 rings (SSSR count). The van der Waals surface area contributed by atoms with E-state index >= 15 is 0 Å². The largest absolute Gasteiger partial charge is 0.295 e. The standard InChI is InChI=1S/C15H12N4OS/c1-10(20)11-2-4-13(5-3-11)19-14(17-18-15(19)21)12-6-8-16-9-7-12/h2-9H,1H3,(H,18,21). The molecule has 0 fully saturated rings. The first kappa shape index (κ1) is 13.4. The molecule has 0 aliphatic carbocycles. The van der Waals surface area contributed by atoms with Crippen molar-refractivity contribution in [2.45, 2.75) is 6.92 Å². The van der Waals surface area contributed by atoms with Crippen LogP contribution >= 0.6 is 12.2 Å². The molecule has 3 aromatic rings. The number of pyridine rings is 1. The summed E-state index contributed by atoms with van der Waals surface area (Å²) in [6.07, 6.45) is 3.41. The number of hydrogen-bond acceptors (Lipinski definition) is 4. The molecule has 0 saturated carbocycles. The van der Waals surface area contributed by atoms with Gasteiger partial charge in [0.15, 0.2) is 16.4 Å². The summed E-state index contributed by atoms with van der Waals surface area (Å²) in [4.78, 5) is 15.3. The van der Waals surface area contributed by atoms with Crippen molar-refractivity contribution in [3.8, 4) is 17.1 Å². The van der Waals surface area contributed by atoms with Crippen LogP contribution in [0.1, 0.15) is 17.3 Å². The van der Waals surface area contributed by atoms with E-state index in [1.807, 2.05) is 28.8 Å². The normalized spacial score (nSPS) is 10.5. The number of nitrogens with zero attached hydrogens (tertiary/aromatic N) is 3. The van der Waals surface area contributed by atoms with Crippen LogP contribution in [0, 0.1) is 4.77 Å². The fraction of sp³-hybridized carbons (Fsp3) is 0.0667. The van der Waals surface area contributed by atoms with Crippen molar-refractivity contribution in [2.24, 2.45) is 0 Å². The quantitative estimate of drug-likeness (QED) is 0.595. The smallest absolute Gasteiger partial charge is 0.200 e. The average Bonchev–Trinajstić information content (AvgIpc) is 2.90. The van der Waals surface area contributed by atoms with E-state index < -0.39 is 0 Å². The number of Topliss-reactive ketones (excluding diaryl/α,β-unsaturated/α-hetero) is 1. The molecule has 104 valence electrons. The Labute approximate surface area is 126 Å². The molecule has 0 spiro atoms. The highest BCUT2D eigenvalue weighted by Gasteiger charge is 2.10. The third-order valence-electron chi connectivity index (χ3n) is 3.14. The number of nitrogens with one attached hydrogen (secondary N) is 1. The molecule has 21 heavy (non-hydrogen) atoms. The van der Waals surface area contributed by atoms with Crippen LogP contribution in [0.25, 0.3) is 17.1 Å². The summed E-state index contributed by atoms with van der Waals surface area (Å²) < 4.78 is 2.33. The summed E-state index contributed by atoms with van der Waals surface area (Å²) in [5, 5.41) is 7.07. The SMILES string of the molecule is CC(=O)c1ccc(-n2c(-c3ccncc3)n[nH]c2=S)cc1. The first-order valence-corrected chi connectivity index (χ1v) is 6.77. The minimum atomic E-state index is 0.0340. The van der Waals surface area contributed by atoms with E-state index in [0.29, 0.717) is 16.2 Å². The van der Waals surface area contributed by atoms with Gasteiger partial charge < -0.3 is 0 Å². The van der Waals surface area contributed by atoms with Crippen molar-refractivity contribution in [2.75, 3.05) is 0 Å². The summed E-state index contributed by atoms with van der Waals surface area (Å²) >= 11 is 5.30. The maximum Gasteiger partial charge on any atom is 0.200 e. The van der Waals surface area contributed by atoms with Crippen molar-refractivity contribution < 1.29 is 4.79 Å². The highest BCUT2D eigenvalue weighted by molar-refractivity contribution is 7.71. The lowest BCUT2D eigenvalue weighted by Crippen LogP contribution is -1.99. The zero-order valence-electron chi connectivity index (χ0n) is 11.3. The fourth-order valence-electron chi connectivity index (χ4n) is 2.08. The zero-order chi connectivity index (χ0) is 14.8. The zero-order valence-corrected chi connectivity index (χ0v) is 12.1. The van der Waals surface area contributed by atoms with Crippen LogP contribution in [0.4, 0.5) is 0 Å². The Kier molecular flexibility index (Phi) is 3.45. The molecule has 0 radical (unpaired) electrons. The predicted octanol–water partition coefficient (Wildman–Crippen LogP) is 3.19. The van der Waals surface area contributed by atoms with Gasteiger partial charge in [0.05, 0.1) is 5.69 Å². The van der Waals surface area contributed by atoms with Gasteiger partial charge in [-0.1, -0.05) is 0 Å². The van der Waals surface area contributed by atoms with E-state index in [4.69, 9.17) is 12.2 Å². The van der Waals surface area contributed by atoms with Gasteiger partial charge in [-0.25, -0.2) is 0 Å². The monoisotopic (exact) mass is 296 g/mol. The van der Waals surface area contributed by atoms with E-state index in [9.17, 15) is 4.79 Å². The van der Waals surface area contributed by atoms with Gasteiger partial charge in [0.2, 0.25) is 0 Å². The van der Waals surface area contributed by atoms with Gasteiger partial charge in [0, 0.05) is 23.5 Å². The summed E-state index contributed by atoms with van der Waals surface area (Å²) in [6, 6.07) is 11.0. The van der Waals surface area contributed by atoms with E-state index in [1.165, 1.54) is 0 Å². The summed E-state index contributed by atoms with van der Waals surface area (Å²) in [5.41, 5.74) is 2.43. The van der Waals surface area contributed by atoms with E-state index in [1.54, 1.807) is 31.5 Å². The fourth-order valence-corrected chi connectivity index (χ4v) is 2.31. The van der Waals surface area contributed by atoms with Crippen LogP contribution in [0.2, 0.25) is 0 Å². The van der Waals surface area contributed by atoms with E-state index in [-0.39, 0.29) is 5.78 Å². The topological polar surface area (TPSA) is 63.6 Å². The Morgan fingerprint density at radius 1 is 1.14 bits per heavy atom. The average molecular weight is 296 g/mol. The molecule has 1 aromatic carbocycles. The molecular formula is C15H12N4OS. The number of H-pyrrole nitrogens is 1. The second-order valence-corrected chi connectivity index (χ2v) is 4.91. The van der Waals surface area contributed by atoms with Crippen LogP contribution in [0.3, 0.4) is 0 Å². The van der Waals surface area contributed by atoms with Gasteiger partial charge in [0.25, 0.3) is 0 Å². The molecular weight excluding hydrogens is 284 g/mol. The van der Waals surface area contributed by atoms with E-state index in [0.717, 1.165) is 11.3 Å². The molecule has 2 heterocycles. The van der Waals surface area contributed by atoms with Gasteiger partial charge in [0.1, 0.15) is 0 Å². The van der Waals surface area contributed by atoms with Gasteiger partial charge in [-0.2, -0.15) is 5.10 Å². The van der Waals surface area contributed by atoms with Crippen LogP contribution in [0.15, 0.2) is 48.8 Å². The van der Waals surface area contributed by atoms with Gasteiger partial charge in [-0.3, -0.25) is 19.4 Å². The minimum Gasteiger partial charge on any atom is -0.295 e. The molecule has 0 aliphatic heterocycles. The Hall–Kier alpha value is -2.60. The third-order valence-corrected chi connectivity index (χ3v) is 3.42. The molecule has 0 amide bonds. The Morgan fingerprint density at radius 2 is 1.81 bits per heavy atom. The lowest BCUT2D eigenvalue weighted by atomic mass is 10.1. The van der Waals surface area contributed by atoms with Crippen molar-refractivity contribution in [3.05, 3.63) is 59.1 Å².